The minimum Gasteiger partial charge on any atom is -0.399 e. The minimum atomic E-state index is 0.613. The van der Waals surface area contributed by atoms with Crippen molar-refractivity contribution < 1.29 is 0 Å². The topological polar surface area (TPSA) is 52.0 Å². The van der Waals surface area contributed by atoms with Crippen LogP contribution in [0.2, 0.25) is 0 Å². The second kappa shape index (κ2) is 8.72. The van der Waals surface area contributed by atoms with Gasteiger partial charge in [0.2, 0.25) is 0 Å². The molecule has 0 fully saturated rings. The summed E-state index contributed by atoms with van der Waals surface area (Å²) < 4.78 is 0.965. The number of nitrogens with two attached hydrogens (primary N) is 2. The normalized spacial score (nSPS) is 9.16. The van der Waals surface area contributed by atoms with Crippen molar-refractivity contribution in [3.8, 4) is 23.7 Å². The molecule has 0 aromatic heterocycles. The largest absolute Gasteiger partial charge is 0.399 e. The molecular formula is C16H19IN2. The molecule has 0 saturated carbocycles. The van der Waals surface area contributed by atoms with E-state index in [9.17, 15) is 0 Å². The number of unbranched alkanes of at least 4 members (excludes halogenated alkanes) is 4. The molecule has 2 nitrogen and oxygen atoms in total. The zero-order valence-corrected chi connectivity index (χ0v) is 13.4. The van der Waals surface area contributed by atoms with Crippen LogP contribution in [0.4, 0.5) is 11.4 Å². The first-order valence-electron chi connectivity index (χ1n) is 6.48. The van der Waals surface area contributed by atoms with Crippen molar-refractivity contribution in [1.29, 1.82) is 0 Å². The van der Waals surface area contributed by atoms with Gasteiger partial charge in [0.05, 0.1) is 11.3 Å². The zero-order valence-electron chi connectivity index (χ0n) is 11.2. The molecular weight excluding hydrogens is 347 g/mol. The number of hydrogen-bond acceptors (Lipinski definition) is 2. The number of anilines is 2. The molecule has 0 unspecified atom stereocenters. The first kappa shape index (κ1) is 15.7. The van der Waals surface area contributed by atoms with Crippen molar-refractivity contribution in [3.05, 3.63) is 21.3 Å². The van der Waals surface area contributed by atoms with E-state index in [1.54, 1.807) is 6.07 Å². The van der Waals surface area contributed by atoms with Gasteiger partial charge in [0, 0.05) is 15.7 Å². The van der Waals surface area contributed by atoms with Gasteiger partial charge in [-0.3, -0.25) is 0 Å². The predicted octanol–water partition coefficient (Wildman–Crippen LogP) is 3.78. The van der Waals surface area contributed by atoms with E-state index in [0.29, 0.717) is 11.4 Å². The highest BCUT2D eigenvalue weighted by atomic mass is 127. The van der Waals surface area contributed by atoms with Gasteiger partial charge in [-0.2, -0.15) is 0 Å². The Kier molecular flexibility index (Phi) is 7.22. The van der Waals surface area contributed by atoms with E-state index >= 15 is 0 Å². The maximum absolute atomic E-state index is 5.88. The van der Waals surface area contributed by atoms with E-state index < -0.39 is 0 Å². The third-order valence-electron chi connectivity index (χ3n) is 2.64. The van der Waals surface area contributed by atoms with Gasteiger partial charge in [-0.15, -0.1) is 0 Å². The van der Waals surface area contributed by atoms with E-state index in [1.165, 1.54) is 19.3 Å². The molecule has 1 rings (SSSR count). The number of benzene rings is 1. The first-order chi connectivity index (χ1) is 9.15. The number of halogens is 1. The van der Waals surface area contributed by atoms with Crippen LogP contribution in [-0.2, 0) is 0 Å². The molecule has 0 amide bonds. The number of hydrogen-bond donors (Lipinski definition) is 2. The summed E-state index contributed by atoms with van der Waals surface area (Å²) >= 11 is 2.18. The number of rotatable bonds is 4. The van der Waals surface area contributed by atoms with Gasteiger partial charge in [-0.25, -0.2) is 0 Å². The monoisotopic (exact) mass is 366 g/mol. The molecule has 0 bridgehead atoms. The summed E-state index contributed by atoms with van der Waals surface area (Å²) in [6.07, 6.45) is 5.87. The van der Waals surface area contributed by atoms with Crippen molar-refractivity contribution in [3.63, 3.8) is 0 Å². The SMILES string of the molecule is CCCCCCC#CC#Cc1c(N)cc(N)cc1I. The molecule has 0 radical (unpaired) electrons. The van der Waals surface area contributed by atoms with Crippen LogP contribution in [0, 0.1) is 27.3 Å². The van der Waals surface area contributed by atoms with Gasteiger partial charge < -0.3 is 11.5 Å². The summed E-state index contributed by atoms with van der Waals surface area (Å²) in [7, 11) is 0. The van der Waals surface area contributed by atoms with Crippen molar-refractivity contribution in [2.24, 2.45) is 0 Å². The van der Waals surface area contributed by atoms with Crippen molar-refractivity contribution >= 4 is 34.0 Å². The van der Waals surface area contributed by atoms with Gasteiger partial charge in [0.15, 0.2) is 0 Å². The average molecular weight is 366 g/mol. The molecule has 4 N–H and O–H groups in total. The Labute approximate surface area is 129 Å². The van der Waals surface area contributed by atoms with Crippen LogP contribution >= 0.6 is 22.6 Å². The molecule has 0 spiro atoms. The first-order valence-corrected chi connectivity index (χ1v) is 7.56. The average Bonchev–Trinajstić information content (AvgIpc) is 2.35. The molecule has 0 saturated heterocycles. The van der Waals surface area contributed by atoms with Crippen LogP contribution < -0.4 is 11.5 Å². The summed E-state index contributed by atoms with van der Waals surface area (Å²) in [4.78, 5) is 0. The van der Waals surface area contributed by atoms with Crippen LogP contribution in [0.3, 0.4) is 0 Å². The molecule has 0 atom stereocenters. The van der Waals surface area contributed by atoms with Crippen LogP contribution in [0.1, 0.15) is 44.6 Å². The fraction of sp³-hybridized carbons (Fsp3) is 0.375. The lowest BCUT2D eigenvalue weighted by Gasteiger charge is -2.02. The Morgan fingerprint density at radius 1 is 1.11 bits per heavy atom. The van der Waals surface area contributed by atoms with Gasteiger partial charge in [-0.1, -0.05) is 32.1 Å². The highest BCUT2D eigenvalue weighted by Gasteiger charge is 2.02. The van der Waals surface area contributed by atoms with Crippen LogP contribution in [-0.4, -0.2) is 0 Å². The highest BCUT2D eigenvalue weighted by Crippen LogP contribution is 2.21. The van der Waals surface area contributed by atoms with Gasteiger partial charge in [0.1, 0.15) is 0 Å². The number of nitrogen functional groups attached to an aromatic ring is 2. The molecule has 0 aliphatic heterocycles. The second-order valence-electron chi connectivity index (χ2n) is 4.33. The molecule has 3 heteroatoms. The van der Waals surface area contributed by atoms with E-state index in [4.69, 9.17) is 11.5 Å². The van der Waals surface area contributed by atoms with Crippen LogP contribution in [0.25, 0.3) is 0 Å². The standard InChI is InChI=1S/C16H19IN2/c1-2-3-4-5-6-7-8-9-10-14-15(17)11-13(18)12-16(14)19/h11-12H,2-6,18-19H2,1H3. The molecule has 1 aromatic rings. The predicted molar refractivity (Wildman–Crippen MR) is 91.4 cm³/mol. The lowest BCUT2D eigenvalue weighted by Crippen LogP contribution is -1.96. The lowest BCUT2D eigenvalue weighted by atomic mass is 10.1. The molecule has 19 heavy (non-hydrogen) atoms. The summed E-state index contributed by atoms with van der Waals surface area (Å²) in [5.41, 5.74) is 13.7. The van der Waals surface area contributed by atoms with Crippen molar-refractivity contribution in [1.82, 2.24) is 0 Å². The Balaban J connectivity index is 2.57. The minimum absolute atomic E-state index is 0.613. The lowest BCUT2D eigenvalue weighted by molar-refractivity contribution is 0.680. The van der Waals surface area contributed by atoms with Gasteiger partial charge in [-0.05, 0) is 58.9 Å². The summed E-state index contributed by atoms with van der Waals surface area (Å²) in [5.74, 6) is 11.8. The molecule has 0 aliphatic rings. The van der Waals surface area contributed by atoms with Crippen LogP contribution in [0.5, 0.6) is 0 Å². The second-order valence-corrected chi connectivity index (χ2v) is 5.49. The van der Waals surface area contributed by atoms with E-state index in [1.807, 2.05) is 6.07 Å². The maximum atomic E-state index is 5.88. The smallest absolute Gasteiger partial charge is 0.0620 e. The van der Waals surface area contributed by atoms with E-state index in [0.717, 1.165) is 22.0 Å². The summed E-state index contributed by atoms with van der Waals surface area (Å²) in [5, 5.41) is 0. The van der Waals surface area contributed by atoms with Gasteiger partial charge in [0.25, 0.3) is 0 Å². The van der Waals surface area contributed by atoms with Gasteiger partial charge >= 0.3 is 0 Å². The fourth-order valence-corrected chi connectivity index (χ4v) is 2.43. The molecule has 100 valence electrons. The zero-order chi connectivity index (χ0) is 14.1. The Hall–Kier alpha value is -1.33. The summed E-state index contributed by atoms with van der Waals surface area (Å²) in [6, 6.07) is 3.59. The Morgan fingerprint density at radius 3 is 2.58 bits per heavy atom. The Bertz CT molecular complexity index is 518. The molecule has 1 aromatic carbocycles. The summed E-state index contributed by atoms with van der Waals surface area (Å²) in [6.45, 7) is 2.20. The molecule has 0 aliphatic carbocycles. The third-order valence-corrected chi connectivity index (χ3v) is 3.49. The maximum Gasteiger partial charge on any atom is 0.0620 e. The molecule has 0 heterocycles. The fourth-order valence-electron chi connectivity index (χ4n) is 1.62. The van der Waals surface area contributed by atoms with Crippen molar-refractivity contribution in [2.75, 3.05) is 11.5 Å². The van der Waals surface area contributed by atoms with Crippen molar-refractivity contribution in [2.45, 2.75) is 39.0 Å². The van der Waals surface area contributed by atoms with E-state index in [2.05, 4.69) is 53.2 Å². The highest BCUT2D eigenvalue weighted by molar-refractivity contribution is 14.1. The Morgan fingerprint density at radius 2 is 1.89 bits per heavy atom. The van der Waals surface area contributed by atoms with Crippen LogP contribution in [0.15, 0.2) is 12.1 Å². The quantitative estimate of drug-likeness (QED) is 0.369. The third kappa shape index (κ3) is 5.89. The van der Waals surface area contributed by atoms with E-state index in [-0.39, 0.29) is 0 Å².